The molecule has 2 bridgehead atoms. The van der Waals surface area contributed by atoms with Crippen molar-refractivity contribution >= 4 is 17.5 Å². The fourth-order valence-corrected chi connectivity index (χ4v) is 4.63. The Labute approximate surface area is 146 Å². The summed E-state index contributed by atoms with van der Waals surface area (Å²) < 4.78 is 51.1. The molecule has 5 nitrogen and oxygen atoms in total. The highest BCUT2D eigenvalue weighted by atomic mass is 32.2. The van der Waals surface area contributed by atoms with Crippen molar-refractivity contribution in [1.29, 1.82) is 0 Å². The summed E-state index contributed by atoms with van der Waals surface area (Å²) in [5.74, 6) is 0.00159. The fraction of sp³-hybridized carbons (Fsp3) is 0.688. The lowest BCUT2D eigenvalue weighted by Crippen LogP contribution is -2.37. The number of fused-ring (bicyclic) bond motifs is 3. The van der Waals surface area contributed by atoms with Crippen molar-refractivity contribution in [3.8, 4) is 0 Å². The number of nitrogens with zero attached hydrogens (tertiary/aromatic N) is 2. The van der Waals surface area contributed by atoms with Crippen LogP contribution in [0.15, 0.2) is 5.16 Å². The van der Waals surface area contributed by atoms with Crippen molar-refractivity contribution < 1.29 is 27.4 Å². The molecular formula is C16H17F3N2O3S. The molecule has 3 heterocycles. The molecule has 2 saturated heterocycles. The molecule has 0 N–H and O–H groups in total. The maximum Gasteiger partial charge on any atom is 0.433 e. The van der Waals surface area contributed by atoms with Gasteiger partial charge in [0.25, 0.3) is 0 Å². The molecule has 0 radical (unpaired) electrons. The second kappa shape index (κ2) is 6.21. The Hall–Kier alpha value is -1.19. The lowest BCUT2D eigenvalue weighted by molar-refractivity contribution is -0.151. The Morgan fingerprint density at radius 1 is 1.24 bits per heavy atom. The molecule has 9 heteroatoms. The van der Waals surface area contributed by atoms with Crippen molar-refractivity contribution in [3.63, 3.8) is 0 Å². The Bertz CT molecular complexity index is 713. The number of hydrogen-bond acceptors (Lipinski definition) is 6. The van der Waals surface area contributed by atoms with Crippen LogP contribution in [-0.4, -0.2) is 40.0 Å². The lowest BCUT2D eigenvalue weighted by Gasteiger charge is -2.27. The van der Waals surface area contributed by atoms with E-state index < -0.39 is 18.2 Å². The summed E-state index contributed by atoms with van der Waals surface area (Å²) in [6.45, 7) is 2.20. The third-order valence-corrected chi connectivity index (χ3v) is 5.98. The first-order chi connectivity index (χ1) is 11.8. The molecule has 3 aliphatic rings. The van der Waals surface area contributed by atoms with Gasteiger partial charge in [-0.1, -0.05) is 18.7 Å². The first-order valence-electron chi connectivity index (χ1n) is 8.24. The van der Waals surface area contributed by atoms with Gasteiger partial charge in [0.1, 0.15) is 0 Å². The number of rotatable bonds is 2. The second-order valence-electron chi connectivity index (χ2n) is 6.79. The van der Waals surface area contributed by atoms with Gasteiger partial charge in [-0.3, -0.25) is 4.79 Å². The third-order valence-electron chi connectivity index (χ3n) is 4.81. The minimum atomic E-state index is -4.51. The zero-order chi connectivity index (χ0) is 17.8. The highest BCUT2D eigenvalue weighted by Crippen LogP contribution is 2.40. The van der Waals surface area contributed by atoms with Crippen molar-refractivity contribution in [2.45, 2.75) is 61.6 Å². The van der Waals surface area contributed by atoms with Gasteiger partial charge in [-0.15, -0.1) is 0 Å². The summed E-state index contributed by atoms with van der Waals surface area (Å²) in [5.41, 5.74) is -0.141. The molecular weight excluding hydrogens is 357 g/mol. The molecule has 2 aliphatic heterocycles. The normalized spacial score (nSPS) is 31.9. The van der Waals surface area contributed by atoms with E-state index in [2.05, 4.69) is 9.97 Å². The van der Waals surface area contributed by atoms with Gasteiger partial charge >= 0.3 is 6.18 Å². The van der Waals surface area contributed by atoms with Crippen LogP contribution in [0, 0.1) is 5.92 Å². The Kier molecular flexibility index (Phi) is 4.28. The van der Waals surface area contributed by atoms with Gasteiger partial charge in [0, 0.05) is 22.9 Å². The lowest BCUT2D eigenvalue weighted by atomic mass is 9.87. The number of ketones is 1. The molecule has 1 aliphatic carbocycles. The largest absolute Gasteiger partial charge is 0.433 e. The highest BCUT2D eigenvalue weighted by molar-refractivity contribution is 7.99. The number of carbonyl (C=O) groups excluding carboxylic acids is 1. The number of Topliss-reactive ketones (excluding diaryl/α,β-unsaturated/α-hetero) is 1. The summed E-state index contributed by atoms with van der Waals surface area (Å²) in [6, 6.07) is 0. The van der Waals surface area contributed by atoms with Crippen LogP contribution < -0.4 is 0 Å². The number of thioether (sulfide) groups is 1. The van der Waals surface area contributed by atoms with E-state index in [0.29, 0.717) is 18.5 Å². The summed E-state index contributed by atoms with van der Waals surface area (Å²) in [6.07, 6.45) is -3.78. The van der Waals surface area contributed by atoms with Crippen LogP contribution in [-0.2, 0) is 33.3 Å². The smallest absolute Gasteiger partial charge is 0.343 e. The second-order valence-corrected chi connectivity index (χ2v) is 8.00. The SMILES string of the molecule is C[C@@H]1CCc2nc(S[C@H]3CC(=O)[C@H]4OC[C@H]3O4)nc(C(F)(F)F)c2C1. The fourth-order valence-electron chi connectivity index (χ4n) is 3.51. The van der Waals surface area contributed by atoms with Crippen LogP contribution in [0.2, 0.25) is 0 Å². The van der Waals surface area contributed by atoms with E-state index in [-0.39, 0.29) is 46.8 Å². The number of aryl methyl sites for hydroxylation is 1. The molecule has 0 spiro atoms. The first kappa shape index (κ1) is 17.2. The average Bonchev–Trinajstić information content (AvgIpc) is 2.97. The monoisotopic (exact) mass is 374 g/mol. The summed E-state index contributed by atoms with van der Waals surface area (Å²) in [4.78, 5) is 20.0. The van der Waals surface area contributed by atoms with Gasteiger partial charge in [-0.2, -0.15) is 13.2 Å². The number of alkyl halides is 3. The summed E-state index contributed by atoms with van der Waals surface area (Å²) >= 11 is 1.08. The zero-order valence-corrected chi connectivity index (χ0v) is 14.3. The van der Waals surface area contributed by atoms with Crippen molar-refractivity contribution in [2.75, 3.05) is 6.61 Å². The van der Waals surface area contributed by atoms with Gasteiger partial charge in [0.2, 0.25) is 6.29 Å². The van der Waals surface area contributed by atoms with Gasteiger partial charge in [-0.25, -0.2) is 9.97 Å². The Morgan fingerprint density at radius 2 is 2.04 bits per heavy atom. The number of hydrogen-bond donors (Lipinski definition) is 0. The van der Waals surface area contributed by atoms with Crippen LogP contribution in [0.5, 0.6) is 0 Å². The number of aromatic nitrogens is 2. The molecule has 1 aromatic heterocycles. The average molecular weight is 374 g/mol. The number of ether oxygens (including phenoxy) is 2. The molecule has 2 fully saturated rings. The zero-order valence-electron chi connectivity index (χ0n) is 13.5. The van der Waals surface area contributed by atoms with Gasteiger partial charge in [0.05, 0.1) is 12.7 Å². The van der Waals surface area contributed by atoms with E-state index in [1.54, 1.807) is 0 Å². The van der Waals surface area contributed by atoms with E-state index in [1.807, 2.05) is 6.92 Å². The van der Waals surface area contributed by atoms with Crippen molar-refractivity contribution in [1.82, 2.24) is 9.97 Å². The van der Waals surface area contributed by atoms with Crippen LogP contribution in [0.4, 0.5) is 13.2 Å². The predicted octanol–water partition coefficient (Wildman–Crippen LogP) is 2.80. The molecule has 1 aromatic rings. The summed E-state index contributed by atoms with van der Waals surface area (Å²) in [5, 5.41) is -0.264. The molecule has 0 aromatic carbocycles. The predicted molar refractivity (Wildman–Crippen MR) is 82.1 cm³/mol. The molecule has 4 atom stereocenters. The molecule has 0 saturated carbocycles. The maximum atomic E-state index is 13.5. The maximum absolute atomic E-state index is 13.5. The van der Waals surface area contributed by atoms with Gasteiger partial charge in [-0.05, 0) is 25.2 Å². The standard InChI is InChI=1S/C16H17F3N2O3S/c1-7-2-3-9-8(4-7)13(16(17,18)19)21-15(20-9)25-12-5-10(22)14-23-6-11(12)24-14/h7,11-12,14H,2-6H2,1H3/t7-,11-,12+,14+/m1/s1. The molecule has 136 valence electrons. The Morgan fingerprint density at radius 3 is 2.80 bits per heavy atom. The van der Waals surface area contributed by atoms with Gasteiger partial charge < -0.3 is 9.47 Å². The molecule has 0 unspecified atom stereocenters. The van der Waals surface area contributed by atoms with Crippen LogP contribution in [0.25, 0.3) is 0 Å². The first-order valence-corrected chi connectivity index (χ1v) is 9.12. The minimum Gasteiger partial charge on any atom is -0.343 e. The highest BCUT2D eigenvalue weighted by Gasteiger charge is 2.45. The number of carbonyl (C=O) groups is 1. The third kappa shape index (κ3) is 3.29. The quantitative estimate of drug-likeness (QED) is 0.742. The van der Waals surface area contributed by atoms with Crippen LogP contribution >= 0.6 is 11.8 Å². The number of halogens is 3. The van der Waals surface area contributed by atoms with Crippen molar-refractivity contribution in [2.24, 2.45) is 5.92 Å². The van der Waals surface area contributed by atoms with Crippen LogP contribution in [0.1, 0.15) is 36.7 Å². The van der Waals surface area contributed by atoms with Crippen LogP contribution in [0.3, 0.4) is 0 Å². The topological polar surface area (TPSA) is 61.3 Å². The minimum absolute atomic E-state index is 0.0624. The summed E-state index contributed by atoms with van der Waals surface area (Å²) in [7, 11) is 0. The van der Waals surface area contributed by atoms with E-state index in [1.165, 1.54) is 0 Å². The molecule has 0 amide bonds. The van der Waals surface area contributed by atoms with Gasteiger partial charge in [0.15, 0.2) is 16.6 Å². The van der Waals surface area contributed by atoms with E-state index >= 15 is 0 Å². The van der Waals surface area contributed by atoms with E-state index in [4.69, 9.17) is 9.47 Å². The Balaban J connectivity index is 1.65. The molecule has 25 heavy (non-hydrogen) atoms. The van der Waals surface area contributed by atoms with E-state index in [9.17, 15) is 18.0 Å². The van der Waals surface area contributed by atoms with E-state index in [0.717, 1.165) is 18.2 Å². The molecule has 4 rings (SSSR count). The van der Waals surface area contributed by atoms with Crippen molar-refractivity contribution in [3.05, 3.63) is 17.0 Å².